The topological polar surface area (TPSA) is 64.6 Å². The molecule has 0 aromatic heterocycles. The zero-order valence-corrected chi connectivity index (χ0v) is 12.3. The summed E-state index contributed by atoms with van der Waals surface area (Å²) < 4.78 is 35.0. The van der Waals surface area contributed by atoms with Crippen LogP contribution in [0.2, 0.25) is 5.02 Å². The van der Waals surface area contributed by atoms with Gasteiger partial charge in [-0.05, 0) is 6.07 Å². The Balaban J connectivity index is 3.20. The normalized spacial score (nSPS) is 11.1. The number of halogens is 2. The summed E-state index contributed by atoms with van der Waals surface area (Å²) in [6.07, 6.45) is 0. The molecule has 1 N–H and O–H groups in total. The summed E-state index contributed by atoms with van der Waals surface area (Å²) >= 11 is 8.78. The fourth-order valence-corrected chi connectivity index (χ4v) is 2.27. The van der Waals surface area contributed by atoms with E-state index in [0.29, 0.717) is 16.5 Å². The Bertz CT molecular complexity index is 506. The highest BCUT2D eigenvalue weighted by atomic mass is 79.9. The van der Waals surface area contributed by atoms with Crippen molar-refractivity contribution in [2.75, 3.05) is 23.6 Å². The molecule has 0 radical (unpaired) electrons. The van der Waals surface area contributed by atoms with Gasteiger partial charge < -0.3 is 9.47 Å². The highest BCUT2D eigenvalue weighted by Gasteiger charge is 2.15. The van der Waals surface area contributed by atoms with Crippen LogP contribution in [0, 0.1) is 0 Å². The van der Waals surface area contributed by atoms with Gasteiger partial charge in [-0.25, -0.2) is 8.42 Å². The van der Waals surface area contributed by atoms with Crippen molar-refractivity contribution in [2.45, 2.75) is 0 Å². The molecule has 1 aromatic rings. The molecule has 5 nitrogen and oxygen atoms in total. The molecule has 1 rings (SSSR count). The van der Waals surface area contributed by atoms with E-state index in [1.165, 1.54) is 26.4 Å². The summed E-state index contributed by atoms with van der Waals surface area (Å²) in [4.78, 5) is 0. The maximum Gasteiger partial charge on any atom is 0.242 e. The van der Waals surface area contributed by atoms with Gasteiger partial charge in [0, 0.05) is 6.07 Å². The predicted octanol–water partition coefficient (Wildman–Crippen LogP) is 2.45. The van der Waals surface area contributed by atoms with Gasteiger partial charge in [0.25, 0.3) is 0 Å². The van der Waals surface area contributed by atoms with Crippen molar-refractivity contribution in [1.82, 2.24) is 0 Å². The maximum absolute atomic E-state index is 11.4. The van der Waals surface area contributed by atoms with Crippen LogP contribution in [-0.4, -0.2) is 27.3 Å². The molecule has 0 aliphatic rings. The molecule has 0 saturated carbocycles. The molecular weight excluding hydrogens is 334 g/mol. The van der Waals surface area contributed by atoms with Crippen LogP contribution in [0.5, 0.6) is 11.5 Å². The third kappa shape index (κ3) is 3.65. The number of hydrogen-bond acceptors (Lipinski definition) is 4. The van der Waals surface area contributed by atoms with E-state index in [0.717, 1.165) is 0 Å². The lowest BCUT2D eigenvalue weighted by molar-refractivity contribution is 0.396. The van der Waals surface area contributed by atoms with Gasteiger partial charge in [0.15, 0.2) is 0 Å². The highest BCUT2D eigenvalue weighted by molar-refractivity contribution is 9.10. The summed E-state index contributed by atoms with van der Waals surface area (Å²) in [6, 6.07) is 2.94. The second-order valence-electron chi connectivity index (χ2n) is 3.01. The molecule has 0 spiro atoms. The summed E-state index contributed by atoms with van der Waals surface area (Å²) in [5, 5.41) is 0.292. The summed E-state index contributed by atoms with van der Waals surface area (Å²) in [7, 11) is -0.568. The molecule has 1 aromatic carbocycles. The molecule has 0 atom stereocenters. The molecule has 0 heterocycles. The number of methoxy groups -OCH3 is 2. The Labute approximate surface area is 113 Å². The molecule has 0 saturated heterocycles. The van der Waals surface area contributed by atoms with Crippen molar-refractivity contribution in [1.29, 1.82) is 0 Å². The smallest absolute Gasteiger partial charge is 0.242 e. The Morgan fingerprint density at radius 1 is 1.29 bits per heavy atom. The number of anilines is 1. The third-order valence-electron chi connectivity index (χ3n) is 1.88. The fourth-order valence-electron chi connectivity index (χ4n) is 1.13. The van der Waals surface area contributed by atoms with E-state index >= 15 is 0 Å². The van der Waals surface area contributed by atoms with Gasteiger partial charge in [-0.3, -0.25) is 4.72 Å². The van der Waals surface area contributed by atoms with E-state index < -0.39 is 10.0 Å². The largest absolute Gasteiger partial charge is 0.495 e. The number of sulfonamides is 1. The van der Waals surface area contributed by atoms with Gasteiger partial charge in [-0.2, -0.15) is 0 Å². The lowest BCUT2D eigenvalue weighted by Crippen LogP contribution is -2.14. The number of benzene rings is 1. The molecule has 0 bridgehead atoms. The van der Waals surface area contributed by atoms with Crippen molar-refractivity contribution >= 4 is 43.2 Å². The van der Waals surface area contributed by atoms with Gasteiger partial charge in [0.05, 0.1) is 24.9 Å². The van der Waals surface area contributed by atoms with Crippen molar-refractivity contribution in [3.05, 3.63) is 17.2 Å². The molecule has 0 fully saturated rings. The second-order valence-corrected chi connectivity index (χ2v) is 6.45. The zero-order chi connectivity index (χ0) is 13.1. The lowest BCUT2D eigenvalue weighted by atomic mass is 10.3. The molecule has 0 aliphatic heterocycles. The minimum atomic E-state index is -3.45. The van der Waals surface area contributed by atoms with Crippen molar-refractivity contribution in [3.8, 4) is 11.5 Å². The SMILES string of the molecule is COc1cc(OC)c(NS(=O)(=O)CBr)cc1Cl. The predicted molar refractivity (Wildman–Crippen MR) is 70.9 cm³/mol. The van der Waals surface area contributed by atoms with E-state index in [1.54, 1.807) is 0 Å². The van der Waals surface area contributed by atoms with Crippen LogP contribution in [0.25, 0.3) is 0 Å². The second kappa shape index (κ2) is 5.79. The molecule has 0 unspecified atom stereocenters. The number of hydrogen-bond donors (Lipinski definition) is 1. The fraction of sp³-hybridized carbons (Fsp3) is 0.333. The van der Waals surface area contributed by atoms with Crippen molar-refractivity contribution in [3.63, 3.8) is 0 Å². The van der Waals surface area contributed by atoms with E-state index in [9.17, 15) is 8.42 Å². The van der Waals surface area contributed by atoms with Crippen LogP contribution < -0.4 is 14.2 Å². The van der Waals surface area contributed by atoms with Gasteiger partial charge in [-0.1, -0.05) is 27.5 Å². The Hall–Kier alpha value is -0.660. The van der Waals surface area contributed by atoms with Gasteiger partial charge in [-0.15, -0.1) is 0 Å². The van der Waals surface area contributed by atoms with E-state index in [4.69, 9.17) is 21.1 Å². The van der Waals surface area contributed by atoms with Gasteiger partial charge in [0.1, 0.15) is 16.2 Å². The summed E-state index contributed by atoms with van der Waals surface area (Å²) in [5.74, 6) is 0.737. The molecule has 0 aliphatic carbocycles. The Kier molecular flexibility index (Phi) is 4.91. The molecule has 17 heavy (non-hydrogen) atoms. The maximum atomic E-state index is 11.4. The first-order valence-electron chi connectivity index (χ1n) is 4.41. The number of ether oxygens (including phenoxy) is 2. The van der Waals surface area contributed by atoms with E-state index in [-0.39, 0.29) is 10.3 Å². The van der Waals surface area contributed by atoms with Crippen LogP contribution in [0.3, 0.4) is 0 Å². The Morgan fingerprint density at radius 3 is 2.35 bits per heavy atom. The highest BCUT2D eigenvalue weighted by Crippen LogP contribution is 2.36. The minimum Gasteiger partial charge on any atom is -0.495 e. The molecule has 96 valence electrons. The van der Waals surface area contributed by atoms with Crippen LogP contribution >= 0.6 is 27.5 Å². The van der Waals surface area contributed by atoms with E-state index in [1.807, 2.05) is 0 Å². The molecule has 0 amide bonds. The summed E-state index contributed by atoms with van der Waals surface area (Å²) in [5.41, 5.74) is 0.262. The lowest BCUT2D eigenvalue weighted by Gasteiger charge is -2.13. The Morgan fingerprint density at radius 2 is 1.88 bits per heavy atom. The van der Waals surface area contributed by atoms with Crippen LogP contribution in [0.1, 0.15) is 0 Å². The van der Waals surface area contributed by atoms with Gasteiger partial charge in [0.2, 0.25) is 10.0 Å². The first-order chi connectivity index (χ1) is 7.93. The third-order valence-corrected chi connectivity index (χ3v) is 4.80. The van der Waals surface area contributed by atoms with Crippen molar-refractivity contribution < 1.29 is 17.9 Å². The number of rotatable bonds is 5. The zero-order valence-electron chi connectivity index (χ0n) is 9.16. The van der Waals surface area contributed by atoms with Crippen molar-refractivity contribution in [2.24, 2.45) is 0 Å². The average molecular weight is 345 g/mol. The van der Waals surface area contributed by atoms with E-state index in [2.05, 4.69) is 20.7 Å². The number of nitrogens with one attached hydrogen (secondary N) is 1. The standard InChI is InChI=1S/C9H11BrClNO4S/c1-15-8-4-9(16-2)7(3-6(8)11)12-17(13,14)5-10/h3-4,12H,5H2,1-2H3. The van der Waals surface area contributed by atoms with Crippen LogP contribution in [0.4, 0.5) is 5.69 Å². The first kappa shape index (κ1) is 14.4. The van der Waals surface area contributed by atoms with Crippen LogP contribution in [0.15, 0.2) is 12.1 Å². The van der Waals surface area contributed by atoms with Crippen LogP contribution in [-0.2, 0) is 10.0 Å². The quantitative estimate of drug-likeness (QED) is 0.833. The average Bonchev–Trinajstić information content (AvgIpc) is 2.29. The molecule has 8 heteroatoms. The molecular formula is C9H11BrClNO4S. The monoisotopic (exact) mass is 343 g/mol. The first-order valence-corrected chi connectivity index (χ1v) is 7.56. The summed E-state index contributed by atoms with van der Waals surface area (Å²) in [6.45, 7) is 0. The number of alkyl halides is 1. The minimum absolute atomic E-state index is 0.215. The van der Waals surface area contributed by atoms with Gasteiger partial charge >= 0.3 is 0 Å².